The van der Waals surface area contributed by atoms with E-state index in [0.717, 1.165) is 13.1 Å². The summed E-state index contributed by atoms with van der Waals surface area (Å²) in [5, 5.41) is 3.47. The van der Waals surface area contributed by atoms with Gasteiger partial charge < -0.3 is 15.0 Å². The predicted molar refractivity (Wildman–Crippen MR) is 73.5 cm³/mol. The molecule has 0 saturated carbocycles. The quantitative estimate of drug-likeness (QED) is 0.785. The van der Waals surface area contributed by atoms with Crippen molar-refractivity contribution in [3.63, 3.8) is 0 Å². The molecule has 0 aromatic carbocycles. The lowest BCUT2D eigenvalue weighted by molar-refractivity contribution is -0.135. The zero-order valence-corrected chi connectivity index (χ0v) is 12.2. The molecule has 1 amide bonds. The van der Waals surface area contributed by atoms with Crippen LogP contribution in [0.25, 0.3) is 0 Å². The molecule has 106 valence electrons. The number of carbonyl (C=O) groups is 1. The number of rotatable bonds is 6. The van der Waals surface area contributed by atoms with Gasteiger partial charge in [0.05, 0.1) is 12.6 Å². The number of nitrogens with one attached hydrogen (secondary N) is 1. The lowest BCUT2D eigenvalue weighted by Gasteiger charge is -2.33. The molecule has 0 aromatic rings. The highest BCUT2D eigenvalue weighted by atomic mass is 16.5. The average Bonchev–Trinajstić information content (AvgIpc) is 2.33. The Kier molecular flexibility index (Phi) is 6.65. The summed E-state index contributed by atoms with van der Waals surface area (Å²) in [6.07, 6.45) is 3.07. The topological polar surface area (TPSA) is 41.6 Å². The molecule has 0 bridgehead atoms. The molecule has 4 heteroatoms. The van der Waals surface area contributed by atoms with Crippen molar-refractivity contribution in [2.75, 3.05) is 26.8 Å². The van der Waals surface area contributed by atoms with Crippen LogP contribution in [-0.4, -0.2) is 49.7 Å². The van der Waals surface area contributed by atoms with E-state index >= 15 is 0 Å². The number of nitrogens with zero attached hydrogens (tertiary/aromatic N) is 1. The number of hydrogen-bond acceptors (Lipinski definition) is 3. The van der Waals surface area contributed by atoms with Crippen molar-refractivity contribution in [3.8, 4) is 0 Å². The number of piperidine rings is 1. The maximum atomic E-state index is 12.3. The van der Waals surface area contributed by atoms with Gasteiger partial charge in [0.25, 0.3) is 0 Å². The summed E-state index contributed by atoms with van der Waals surface area (Å²) < 4.78 is 5.14. The van der Waals surface area contributed by atoms with E-state index in [4.69, 9.17) is 4.74 Å². The first-order valence-electron chi connectivity index (χ1n) is 7.11. The summed E-state index contributed by atoms with van der Waals surface area (Å²) >= 11 is 0. The van der Waals surface area contributed by atoms with Gasteiger partial charge in [0.2, 0.25) is 5.91 Å². The molecule has 0 aliphatic carbocycles. The molecular weight excluding hydrogens is 228 g/mol. The highest BCUT2D eigenvalue weighted by molar-refractivity contribution is 5.77. The van der Waals surface area contributed by atoms with Crippen LogP contribution in [0.5, 0.6) is 0 Å². The van der Waals surface area contributed by atoms with E-state index in [-0.39, 0.29) is 11.9 Å². The van der Waals surface area contributed by atoms with Gasteiger partial charge in [-0.05, 0) is 39.2 Å². The molecule has 1 heterocycles. The third kappa shape index (κ3) is 4.25. The first kappa shape index (κ1) is 15.4. The van der Waals surface area contributed by atoms with Crippen molar-refractivity contribution in [1.29, 1.82) is 0 Å². The maximum Gasteiger partial charge on any atom is 0.224 e. The van der Waals surface area contributed by atoms with Crippen LogP contribution in [0.4, 0.5) is 0 Å². The molecular formula is C14H28N2O2. The average molecular weight is 256 g/mol. The normalized spacial score (nSPS) is 25.8. The van der Waals surface area contributed by atoms with Crippen molar-refractivity contribution in [1.82, 2.24) is 10.2 Å². The molecule has 3 unspecified atom stereocenters. The number of methoxy groups -OCH3 is 1. The highest BCUT2D eigenvalue weighted by Gasteiger charge is 2.26. The van der Waals surface area contributed by atoms with Crippen LogP contribution in [0, 0.1) is 5.92 Å². The third-order valence-electron chi connectivity index (χ3n) is 3.93. The van der Waals surface area contributed by atoms with Crippen LogP contribution >= 0.6 is 0 Å². The fraction of sp³-hybridized carbons (Fsp3) is 0.929. The summed E-state index contributed by atoms with van der Waals surface area (Å²) in [6.45, 7) is 8.71. The molecule has 4 nitrogen and oxygen atoms in total. The number of ether oxygens (including phenoxy) is 1. The van der Waals surface area contributed by atoms with E-state index in [1.807, 2.05) is 18.7 Å². The number of hydrogen-bond donors (Lipinski definition) is 1. The predicted octanol–water partition coefficient (Wildman–Crippen LogP) is 1.65. The SMILES string of the molecule is CCN(C(=O)CC1NCCCC1C)C(C)COC. The Balaban J connectivity index is 2.50. The molecule has 0 aromatic heterocycles. The standard InChI is InChI=1S/C14H28N2O2/c1-5-16(12(3)10-18-4)14(17)9-13-11(2)7-6-8-15-13/h11-13,15H,5-10H2,1-4H3. The van der Waals surface area contributed by atoms with Gasteiger partial charge in [-0.15, -0.1) is 0 Å². The molecule has 1 saturated heterocycles. The van der Waals surface area contributed by atoms with Crippen LogP contribution in [0.15, 0.2) is 0 Å². The van der Waals surface area contributed by atoms with Crippen molar-refractivity contribution < 1.29 is 9.53 Å². The van der Waals surface area contributed by atoms with Gasteiger partial charge in [0.1, 0.15) is 0 Å². The molecule has 1 aliphatic rings. The zero-order chi connectivity index (χ0) is 13.5. The molecule has 1 fully saturated rings. The number of carbonyl (C=O) groups excluding carboxylic acids is 1. The lowest BCUT2D eigenvalue weighted by Crippen LogP contribution is -2.47. The Hall–Kier alpha value is -0.610. The van der Waals surface area contributed by atoms with E-state index < -0.39 is 0 Å². The summed E-state index contributed by atoms with van der Waals surface area (Å²) in [4.78, 5) is 14.3. The van der Waals surface area contributed by atoms with Crippen molar-refractivity contribution in [3.05, 3.63) is 0 Å². The van der Waals surface area contributed by atoms with Crippen molar-refractivity contribution >= 4 is 5.91 Å². The van der Waals surface area contributed by atoms with E-state index in [0.29, 0.717) is 25.0 Å². The fourth-order valence-corrected chi connectivity index (χ4v) is 2.76. The molecule has 3 atom stereocenters. The molecule has 0 radical (unpaired) electrons. The van der Waals surface area contributed by atoms with Gasteiger partial charge in [-0.25, -0.2) is 0 Å². The number of amides is 1. The highest BCUT2D eigenvalue weighted by Crippen LogP contribution is 2.19. The van der Waals surface area contributed by atoms with Crippen LogP contribution in [0.3, 0.4) is 0 Å². The summed E-state index contributed by atoms with van der Waals surface area (Å²) in [5.74, 6) is 0.840. The lowest BCUT2D eigenvalue weighted by atomic mass is 9.90. The molecule has 18 heavy (non-hydrogen) atoms. The van der Waals surface area contributed by atoms with Gasteiger partial charge in [-0.2, -0.15) is 0 Å². The Bertz CT molecular complexity index is 258. The van der Waals surface area contributed by atoms with E-state index in [1.165, 1.54) is 12.8 Å². The first-order valence-corrected chi connectivity index (χ1v) is 7.11. The summed E-state index contributed by atoms with van der Waals surface area (Å²) in [5.41, 5.74) is 0. The molecule has 1 N–H and O–H groups in total. The first-order chi connectivity index (χ1) is 8.60. The van der Waals surface area contributed by atoms with Gasteiger partial charge in [0.15, 0.2) is 0 Å². The molecule has 1 aliphatic heterocycles. The van der Waals surface area contributed by atoms with Crippen LogP contribution < -0.4 is 5.32 Å². The van der Waals surface area contributed by atoms with Crippen molar-refractivity contribution in [2.24, 2.45) is 5.92 Å². The van der Waals surface area contributed by atoms with E-state index in [1.54, 1.807) is 7.11 Å². The largest absolute Gasteiger partial charge is 0.383 e. The summed E-state index contributed by atoms with van der Waals surface area (Å²) in [7, 11) is 1.68. The second-order valence-corrected chi connectivity index (χ2v) is 5.37. The third-order valence-corrected chi connectivity index (χ3v) is 3.93. The smallest absolute Gasteiger partial charge is 0.224 e. The van der Waals surface area contributed by atoms with Crippen LogP contribution in [0.2, 0.25) is 0 Å². The fourth-order valence-electron chi connectivity index (χ4n) is 2.76. The minimum absolute atomic E-state index is 0.159. The van der Waals surface area contributed by atoms with Gasteiger partial charge in [-0.3, -0.25) is 4.79 Å². The Morgan fingerprint density at radius 2 is 2.28 bits per heavy atom. The Morgan fingerprint density at radius 3 is 2.83 bits per heavy atom. The number of likely N-dealkylation sites (N-methyl/N-ethyl adjacent to an activating group) is 1. The molecule has 1 rings (SSSR count). The summed E-state index contributed by atoms with van der Waals surface area (Å²) in [6, 6.07) is 0.501. The van der Waals surface area contributed by atoms with Gasteiger partial charge in [-0.1, -0.05) is 6.92 Å². The molecule has 0 spiro atoms. The van der Waals surface area contributed by atoms with Gasteiger partial charge in [0, 0.05) is 26.1 Å². The minimum atomic E-state index is 0.159. The second kappa shape index (κ2) is 7.74. The Labute approximate surface area is 111 Å². The second-order valence-electron chi connectivity index (χ2n) is 5.37. The van der Waals surface area contributed by atoms with E-state index in [2.05, 4.69) is 12.2 Å². The van der Waals surface area contributed by atoms with Gasteiger partial charge >= 0.3 is 0 Å². The van der Waals surface area contributed by atoms with Crippen LogP contribution in [-0.2, 0) is 9.53 Å². The van der Waals surface area contributed by atoms with Crippen molar-refractivity contribution in [2.45, 2.75) is 52.1 Å². The Morgan fingerprint density at radius 1 is 1.56 bits per heavy atom. The minimum Gasteiger partial charge on any atom is -0.383 e. The van der Waals surface area contributed by atoms with E-state index in [9.17, 15) is 4.79 Å². The maximum absolute atomic E-state index is 12.3. The monoisotopic (exact) mass is 256 g/mol. The van der Waals surface area contributed by atoms with Crippen LogP contribution in [0.1, 0.15) is 40.0 Å². The zero-order valence-electron chi connectivity index (χ0n) is 12.2.